The van der Waals surface area contributed by atoms with Crippen LogP contribution in [0.25, 0.3) is 0 Å². The summed E-state index contributed by atoms with van der Waals surface area (Å²) in [4.78, 5) is 23.6. The highest BCUT2D eigenvalue weighted by molar-refractivity contribution is 7.99. The number of sulfonamides is 1. The Morgan fingerprint density at radius 1 is 1.37 bits per heavy atom. The zero-order valence-electron chi connectivity index (χ0n) is 16.1. The molecule has 1 aromatic rings. The lowest BCUT2D eigenvalue weighted by Crippen LogP contribution is -2.30. The molecule has 0 aliphatic rings. The standard InChI is InChI=1S/C17H27N3O5S2/c1-13(2)8-11-26-16-7-6-14(12-15(16)20(22)23)17(21)18-9-5-10-19(3)27(4,24)25/h6-7,12-13H,5,8-11H2,1-4H3,(H,18,21). The minimum absolute atomic E-state index is 0.0757. The fraction of sp³-hybridized carbons (Fsp3) is 0.588. The van der Waals surface area contributed by atoms with Gasteiger partial charge in [-0.15, -0.1) is 11.8 Å². The van der Waals surface area contributed by atoms with Crippen molar-refractivity contribution in [3.05, 3.63) is 33.9 Å². The number of carbonyl (C=O) groups is 1. The van der Waals surface area contributed by atoms with Crippen LogP contribution >= 0.6 is 11.8 Å². The number of nitro benzene ring substituents is 1. The SMILES string of the molecule is CC(C)CCSc1ccc(C(=O)NCCCN(C)S(C)(=O)=O)cc1[N+](=O)[O-]. The Labute approximate surface area is 164 Å². The van der Waals surface area contributed by atoms with Gasteiger partial charge in [-0.2, -0.15) is 0 Å². The van der Waals surface area contributed by atoms with Gasteiger partial charge in [-0.05, 0) is 36.6 Å². The topological polar surface area (TPSA) is 110 Å². The molecule has 0 radical (unpaired) electrons. The van der Waals surface area contributed by atoms with Crippen LogP contribution in [-0.2, 0) is 10.0 Å². The molecule has 8 nitrogen and oxygen atoms in total. The molecular weight excluding hydrogens is 390 g/mol. The van der Waals surface area contributed by atoms with Crippen LogP contribution in [0.2, 0.25) is 0 Å². The lowest BCUT2D eigenvalue weighted by molar-refractivity contribution is -0.387. The predicted molar refractivity (Wildman–Crippen MR) is 108 cm³/mol. The molecule has 27 heavy (non-hydrogen) atoms. The summed E-state index contributed by atoms with van der Waals surface area (Å²) in [6.07, 6.45) is 2.51. The van der Waals surface area contributed by atoms with Gasteiger partial charge < -0.3 is 5.32 Å². The first-order valence-corrected chi connectivity index (χ1v) is 11.5. The van der Waals surface area contributed by atoms with Gasteiger partial charge in [-0.3, -0.25) is 14.9 Å². The minimum atomic E-state index is -3.25. The van der Waals surface area contributed by atoms with Crippen LogP contribution < -0.4 is 5.32 Å². The number of benzene rings is 1. The van der Waals surface area contributed by atoms with Crippen molar-refractivity contribution >= 4 is 33.4 Å². The van der Waals surface area contributed by atoms with Crippen LogP contribution in [0.5, 0.6) is 0 Å². The molecule has 152 valence electrons. The molecule has 0 aliphatic carbocycles. The summed E-state index contributed by atoms with van der Waals surface area (Å²) in [6.45, 7) is 4.74. The number of amides is 1. The summed E-state index contributed by atoms with van der Waals surface area (Å²) in [5, 5.41) is 14.0. The van der Waals surface area contributed by atoms with E-state index in [0.29, 0.717) is 17.2 Å². The van der Waals surface area contributed by atoms with Crippen molar-refractivity contribution < 1.29 is 18.1 Å². The fourth-order valence-corrected chi connectivity index (χ4v) is 3.81. The third kappa shape index (κ3) is 8.27. The number of nitro groups is 1. The predicted octanol–water partition coefficient (Wildman–Crippen LogP) is 2.74. The molecule has 0 fully saturated rings. The Kier molecular flexibility index (Phi) is 9.20. The largest absolute Gasteiger partial charge is 0.352 e. The van der Waals surface area contributed by atoms with Crippen molar-refractivity contribution in [3.8, 4) is 0 Å². The molecule has 0 unspecified atom stereocenters. The Hall–Kier alpha value is -1.65. The van der Waals surface area contributed by atoms with Gasteiger partial charge in [0.2, 0.25) is 10.0 Å². The second-order valence-electron chi connectivity index (χ2n) is 6.66. The van der Waals surface area contributed by atoms with E-state index in [0.717, 1.165) is 18.4 Å². The highest BCUT2D eigenvalue weighted by Gasteiger charge is 2.18. The zero-order chi connectivity index (χ0) is 20.6. The Morgan fingerprint density at radius 3 is 2.59 bits per heavy atom. The number of nitrogens with zero attached hydrogens (tertiary/aromatic N) is 2. The van der Waals surface area contributed by atoms with Crippen LogP contribution in [0.4, 0.5) is 5.69 Å². The molecule has 1 rings (SSSR count). The van der Waals surface area contributed by atoms with Gasteiger partial charge in [0, 0.05) is 31.8 Å². The monoisotopic (exact) mass is 417 g/mol. The molecule has 0 aliphatic heterocycles. The second kappa shape index (κ2) is 10.6. The maximum Gasteiger partial charge on any atom is 0.283 e. The van der Waals surface area contributed by atoms with Gasteiger partial charge in [-0.25, -0.2) is 12.7 Å². The van der Waals surface area contributed by atoms with E-state index in [1.807, 2.05) is 0 Å². The maximum absolute atomic E-state index is 12.2. The van der Waals surface area contributed by atoms with Gasteiger partial charge in [0.05, 0.1) is 16.1 Å². The molecule has 0 aromatic heterocycles. The Bertz CT molecular complexity index is 766. The van der Waals surface area contributed by atoms with Gasteiger partial charge in [0.15, 0.2) is 0 Å². The van der Waals surface area contributed by atoms with E-state index in [9.17, 15) is 23.3 Å². The average Bonchev–Trinajstić information content (AvgIpc) is 2.57. The summed E-state index contributed by atoms with van der Waals surface area (Å²) < 4.78 is 23.8. The number of rotatable bonds is 11. The molecule has 0 saturated heterocycles. The van der Waals surface area contributed by atoms with Crippen LogP contribution in [0, 0.1) is 16.0 Å². The molecular formula is C17H27N3O5S2. The van der Waals surface area contributed by atoms with E-state index in [4.69, 9.17) is 0 Å². The minimum Gasteiger partial charge on any atom is -0.352 e. The van der Waals surface area contributed by atoms with E-state index in [-0.39, 0.29) is 24.3 Å². The van der Waals surface area contributed by atoms with Crippen molar-refractivity contribution in [2.45, 2.75) is 31.6 Å². The normalized spacial score (nSPS) is 11.8. The van der Waals surface area contributed by atoms with Crippen molar-refractivity contribution in [1.82, 2.24) is 9.62 Å². The van der Waals surface area contributed by atoms with Crippen LogP contribution in [-0.4, -0.2) is 55.7 Å². The quantitative estimate of drug-likeness (QED) is 0.257. The summed E-state index contributed by atoms with van der Waals surface area (Å²) in [5.41, 5.74) is 0.139. The molecule has 1 amide bonds. The third-order valence-corrected chi connectivity index (χ3v) is 6.28. The Balaban J connectivity index is 2.67. The van der Waals surface area contributed by atoms with Crippen molar-refractivity contribution in [3.63, 3.8) is 0 Å². The summed E-state index contributed by atoms with van der Waals surface area (Å²) in [5.74, 6) is 0.875. The molecule has 10 heteroatoms. The number of carbonyl (C=O) groups excluding carboxylic acids is 1. The van der Waals surface area contributed by atoms with E-state index in [1.54, 1.807) is 12.1 Å². The number of hydrogen-bond donors (Lipinski definition) is 1. The second-order valence-corrected chi connectivity index (χ2v) is 9.89. The van der Waals surface area contributed by atoms with Crippen LogP contribution in [0.3, 0.4) is 0 Å². The van der Waals surface area contributed by atoms with Gasteiger partial charge in [0.25, 0.3) is 11.6 Å². The van der Waals surface area contributed by atoms with Gasteiger partial charge >= 0.3 is 0 Å². The molecule has 0 atom stereocenters. The number of nitrogens with one attached hydrogen (secondary N) is 1. The first kappa shape index (κ1) is 23.4. The first-order valence-electron chi connectivity index (χ1n) is 8.63. The van der Waals surface area contributed by atoms with E-state index < -0.39 is 20.9 Å². The molecule has 1 N–H and O–H groups in total. The molecule has 0 bridgehead atoms. The van der Waals surface area contributed by atoms with Gasteiger partial charge in [0.1, 0.15) is 0 Å². The third-order valence-electron chi connectivity index (χ3n) is 3.87. The molecule has 0 spiro atoms. The Morgan fingerprint density at radius 2 is 2.04 bits per heavy atom. The molecule has 1 aromatic carbocycles. The van der Waals surface area contributed by atoms with E-state index in [2.05, 4.69) is 19.2 Å². The summed E-state index contributed by atoms with van der Waals surface area (Å²) in [7, 11) is -1.78. The van der Waals surface area contributed by atoms with Crippen LogP contribution in [0.1, 0.15) is 37.0 Å². The lowest BCUT2D eigenvalue weighted by atomic mass is 10.2. The molecule has 0 saturated carbocycles. The fourth-order valence-electron chi connectivity index (χ4n) is 2.10. The van der Waals surface area contributed by atoms with Crippen molar-refractivity contribution in [1.29, 1.82) is 0 Å². The summed E-state index contributed by atoms with van der Waals surface area (Å²) in [6, 6.07) is 4.47. The lowest BCUT2D eigenvalue weighted by Gasteiger charge is -2.14. The number of thioether (sulfide) groups is 1. The highest BCUT2D eigenvalue weighted by Crippen LogP contribution is 2.31. The highest BCUT2D eigenvalue weighted by atomic mass is 32.2. The summed E-state index contributed by atoms with van der Waals surface area (Å²) >= 11 is 1.42. The zero-order valence-corrected chi connectivity index (χ0v) is 17.7. The number of hydrogen-bond acceptors (Lipinski definition) is 6. The molecule has 0 heterocycles. The maximum atomic E-state index is 12.2. The van der Waals surface area contributed by atoms with Crippen molar-refractivity contribution in [2.24, 2.45) is 5.92 Å². The van der Waals surface area contributed by atoms with E-state index in [1.165, 1.54) is 29.2 Å². The average molecular weight is 418 g/mol. The van der Waals surface area contributed by atoms with Gasteiger partial charge in [-0.1, -0.05) is 13.8 Å². The smallest absolute Gasteiger partial charge is 0.283 e. The van der Waals surface area contributed by atoms with Crippen LogP contribution in [0.15, 0.2) is 23.1 Å². The van der Waals surface area contributed by atoms with Crippen molar-refractivity contribution in [2.75, 3.05) is 32.1 Å². The first-order chi connectivity index (χ1) is 12.5. The van der Waals surface area contributed by atoms with E-state index >= 15 is 0 Å².